The number of aryl methyl sites for hydroxylation is 1. The van der Waals surface area contributed by atoms with Crippen LogP contribution < -0.4 is 5.32 Å². The van der Waals surface area contributed by atoms with E-state index in [1.807, 2.05) is 36.1 Å². The van der Waals surface area contributed by atoms with Crippen LogP contribution in [0.25, 0.3) is 0 Å². The van der Waals surface area contributed by atoms with Crippen molar-refractivity contribution in [1.82, 2.24) is 15.1 Å². The molecule has 0 saturated carbocycles. The Labute approximate surface area is 166 Å². The molecule has 1 aromatic carbocycles. The number of carbonyl (C=O) groups excluding carboxylic acids is 2. The van der Waals surface area contributed by atoms with Crippen LogP contribution in [0, 0.1) is 6.92 Å². The van der Waals surface area contributed by atoms with E-state index in [0.29, 0.717) is 17.9 Å². The zero-order valence-corrected chi connectivity index (χ0v) is 17.3. The van der Waals surface area contributed by atoms with Gasteiger partial charge in [-0.25, -0.2) is 0 Å². The van der Waals surface area contributed by atoms with Gasteiger partial charge in [0.1, 0.15) is 6.04 Å². The largest absolute Gasteiger partial charge is 0.353 e. The molecule has 3 rings (SSSR count). The minimum Gasteiger partial charge on any atom is -0.353 e. The number of nitrogens with zero attached hydrogens (tertiary/aromatic N) is 2. The summed E-state index contributed by atoms with van der Waals surface area (Å²) in [5.41, 5.74) is 1.66. The van der Waals surface area contributed by atoms with E-state index in [0.717, 1.165) is 31.6 Å². The van der Waals surface area contributed by atoms with E-state index < -0.39 is 0 Å². The third kappa shape index (κ3) is 4.85. The lowest BCUT2D eigenvalue weighted by atomic mass is 10.1. The van der Waals surface area contributed by atoms with Crippen molar-refractivity contribution in [1.29, 1.82) is 0 Å². The van der Waals surface area contributed by atoms with Gasteiger partial charge in [-0.1, -0.05) is 31.5 Å². The van der Waals surface area contributed by atoms with Crippen LogP contribution in [0.3, 0.4) is 0 Å². The Morgan fingerprint density at radius 1 is 1.19 bits per heavy atom. The van der Waals surface area contributed by atoms with Gasteiger partial charge in [0, 0.05) is 24.4 Å². The molecule has 0 bridgehead atoms. The fourth-order valence-corrected chi connectivity index (χ4v) is 5.30. The predicted molar refractivity (Wildman–Crippen MR) is 111 cm³/mol. The number of rotatable bonds is 6. The van der Waals surface area contributed by atoms with Gasteiger partial charge in [0.25, 0.3) is 5.91 Å². The highest BCUT2D eigenvalue weighted by molar-refractivity contribution is 8.00. The van der Waals surface area contributed by atoms with Crippen molar-refractivity contribution in [2.24, 2.45) is 0 Å². The molecule has 0 aromatic heterocycles. The van der Waals surface area contributed by atoms with Crippen LogP contribution in [-0.4, -0.2) is 65.0 Å². The molecule has 2 atom stereocenters. The Bertz CT molecular complexity index is 661. The molecular formula is C21H31N3O2S. The van der Waals surface area contributed by atoms with E-state index >= 15 is 0 Å². The number of hydrogen-bond acceptors (Lipinski definition) is 4. The van der Waals surface area contributed by atoms with E-state index in [1.54, 1.807) is 11.8 Å². The van der Waals surface area contributed by atoms with Gasteiger partial charge in [0.05, 0.1) is 5.37 Å². The Kier molecular flexibility index (Phi) is 7.19. The molecule has 0 spiro atoms. The van der Waals surface area contributed by atoms with Gasteiger partial charge in [-0.15, -0.1) is 11.8 Å². The molecule has 2 aliphatic heterocycles. The molecule has 5 nitrogen and oxygen atoms in total. The number of benzene rings is 1. The smallest absolute Gasteiger partial charge is 0.255 e. The average molecular weight is 390 g/mol. The quantitative estimate of drug-likeness (QED) is 0.813. The molecule has 2 unspecified atom stereocenters. The van der Waals surface area contributed by atoms with E-state index in [1.165, 1.54) is 19.3 Å². The topological polar surface area (TPSA) is 52.7 Å². The first-order chi connectivity index (χ1) is 13.1. The van der Waals surface area contributed by atoms with Crippen molar-refractivity contribution in [2.75, 3.05) is 31.9 Å². The van der Waals surface area contributed by atoms with Gasteiger partial charge < -0.3 is 15.1 Å². The molecule has 148 valence electrons. The fraction of sp³-hybridized carbons (Fsp3) is 0.619. The fourth-order valence-electron chi connectivity index (χ4n) is 3.94. The van der Waals surface area contributed by atoms with Crippen LogP contribution in [-0.2, 0) is 4.79 Å². The van der Waals surface area contributed by atoms with Crippen LogP contribution in [0.4, 0.5) is 0 Å². The maximum absolute atomic E-state index is 13.2. The SMILES string of the molecule is CCC1SCC(C(=O)NCCN2CCCCC2)N1C(=O)c1ccccc1C. The van der Waals surface area contributed by atoms with Crippen molar-refractivity contribution >= 4 is 23.6 Å². The molecule has 0 radical (unpaired) electrons. The molecule has 0 aliphatic carbocycles. The molecular weight excluding hydrogens is 358 g/mol. The van der Waals surface area contributed by atoms with E-state index in [-0.39, 0.29) is 23.2 Å². The Balaban J connectivity index is 1.63. The van der Waals surface area contributed by atoms with Crippen LogP contribution in [0.2, 0.25) is 0 Å². The molecule has 1 aromatic rings. The average Bonchev–Trinajstić information content (AvgIpc) is 3.13. The predicted octanol–water partition coefficient (Wildman–Crippen LogP) is 2.89. The normalized spacial score (nSPS) is 23.4. The Morgan fingerprint density at radius 2 is 1.93 bits per heavy atom. The van der Waals surface area contributed by atoms with Gasteiger partial charge >= 0.3 is 0 Å². The maximum Gasteiger partial charge on any atom is 0.255 e. The second-order valence-electron chi connectivity index (χ2n) is 7.43. The number of thioether (sulfide) groups is 1. The number of carbonyl (C=O) groups is 2. The van der Waals surface area contributed by atoms with E-state index in [9.17, 15) is 9.59 Å². The number of nitrogens with one attached hydrogen (secondary N) is 1. The number of amides is 2. The Morgan fingerprint density at radius 3 is 2.63 bits per heavy atom. The lowest BCUT2D eigenvalue weighted by Crippen LogP contribution is -2.51. The summed E-state index contributed by atoms with van der Waals surface area (Å²) in [6.45, 7) is 7.84. The Hall–Kier alpha value is -1.53. The highest BCUT2D eigenvalue weighted by Gasteiger charge is 2.41. The van der Waals surface area contributed by atoms with Gasteiger partial charge in [-0.3, -0.25) is 9.59 Å². The number of likely N-dealkylation sites (tertiary alicyclic amines) is 1. The summed E-state index contributed by atoms with van der Waals surface area (Å²) in [6.07, 6.45) is 4.67. The molecule has 2 heterocycles. The van der Waals surface area contributed by atoms with E-state index in [4.69, 9.17) is 0 Å². The summed E-state index contributed by atoms with van der Waals surface area (Å²) >= 11 is 1.71. The summed E-state index contributed by atoms with van der Waals surface area (Å²) in [5, 5.41) is 3.14. The molecule has 27 heavy (non-hydrogen) atoms. The second kappa shape index (κ2) is 9.60. The van der Waals surface area contributed by atoms with E-state index in [2.05, 4.69) is 17.1 Å². The van der Waals surface area contributed by atoms with Gasteiger partial charge in [-0.2, -0.15) is 0 Å². The van der Waals surface area contributed by atoms with Crippen molar-refractivity contribution in [3.05, 3.63) is 35.4 Å². The van der Waals surface area contributed by atoms with Gasteiger partial charge in [0.2, 0.25) is 5.91 Å². The zero-order valence-electron chi connectivity index (χ0n) is 16.4. The molecule has 2 saturated heterocycles. The first kappa shape index (κ1) is 20.2. The first-order valence-corrected chi connectivity index (χ1v) is 11.2. The van der Waals surface area contributed by atoms with Crippen LogP contribution in [0.1, 0.15) is 48.5 Å². The molecule has 1 N–H and O–H groups in total. The summed E-state index contributed by atoms with van der Waals surface area (Å²) in [5.74, 6) is 0.629. The summed E-state index contributed by atoms with van der Waals surface area (Å²) in [7, 11) is 0. The minimum absolute atomic E-state index is 0.0163. The zero-order chi connectivity index (χ0) is 19.2. The summed E-state index contributed by atoms with van der Waals surface area (Å²) in [6, 6.07) is 7.25. The highest BCUT2D eigenvalue weighted by atomic mass is 32.2. The standard InChI is InChI=1S/C21H31N3O2S/c1-3-19-24(21(26)17-10-6-5-9-16(17)2)18(15-27-19)20(25)22-11-14-23-12-7-4-8-13-23/h5-6,9-10,18-19H,3-4,7-8,11-15H2,1-2H3,(H,22,25). The number of piperidine rings is 1. The van der Waals surface area contributed by atoms with Crippen LogP contribution in [0.15, 0.2) is 24.3 Å². The molecule has 2 fully saturated rings. The molecule has 2 amide bonds. The van der Waals surface area contributed by atoms with Crippen LogP contribution >= 0.6 is 11.8 Å². The third-order valence-electron chi connectivity index (χ3n) is 5.53. The first-order valence-electron chi connectivity index (χ1n) is 10.1. The number of hydrogen-bond donors (Lipinski definition) is 1. The minimum atomic E-state index is -0.381. The molecule has 6 heteroatoms. The van der Waals surface area contributed by atoms with Crippen molar-refractivity contribution in [3.63, 3.8) is 0 Å². The van der Waals surface area contributed by atoms with Crippen molar-refractivity contribution in [2.45, 2.75) is 50.9 Å². The second-order valence-corrected chi connectivity index (χ2v) is 8.64. The van der Waals surface area contributed by atoms with Crippen LogP contribution in [0.5, 0.6) is 0 Å². The van der Waals surface area contributed by atoms with Crippen molar-refractivity contribution < 1.29 is 9.59 Å². The maximum atomic E-state index is 13.2. The third-order valence-corrected chi connectivity index (χ3v) is 6.98. The lowest BCUT2D eigenvalue weighted by Gasteiger charge is -2.30. The van der Waals surface area contributed by atoms with Gasteiger partial charge in [0.15, 0.2) is 0 Å². The summed E-state index contributed by atoms with van der Waals surface area (Å²) in [4.78, 5) is 30.3. The summed E-state index contributed by atoms with van der Waals surface area (Å²) < 4.78 is 0. The van der Waals surface area contributed by atoms with Gasteiger partial charge in [-0.05, 0) is 50.9 Å². The molecule has 2 aliphatic rings. The highest BCUT2D eigenvalue weighted by Crippen LogP contribution is 2.33. The lowest BCUT2D eigenvalue weighted by molar-refractivity contribution is -0.124. The monoisotopic (exact) mass is 389 g/mol. The van der Waals surface area contributed by atoms with Crippen molar-refractivity contribution in [3.8, 4) is 0 Å².